The first kappa shape index (κ1) is 34.0. The number of nitrogens with zero attached hydrogens (tertiary/aromatic N) is 6. The number of amides is 2. The molecule has 0 bridgehead atoms. The summed E-state index contributed by atoms with van der Waals surface area (Å²) in [5.74, 6) is -4.56. The van der Waals surface area contributed by atoms with Gasteiger partial charge in [0.15, 0.2) is 0 Å². The van der Waals surface area contributed by atoms with Crippen molar-refractivity contribution in [2.45, 2.75) is 31.6 Å². The molecule has 3 aliphatic heterocycles. The number of piperidine rings is 1. The highest BCUT2D eigenvalue weighted by molar-refractivity contribution is 5.94. The summed E-state index contributed by atoms with van der Waals surface area (Å²) >= 11 is 0. The van der Waals surface area contributed by atoms with Crippen LogP contribution >= 0.6 is 0 Å². The van der Waals surface area contributed by atoms with Gasteiger partial charge in [-0.2, -0.15) is 26.3 Å². The van der Waals surface area contributed by atoms with Crippen LogP contribution in [0.4, 0.5) is 32.3 Å². The Labute approximate surface area is 246 Å². The maximum atomic E-state index is 13.4. The van der Waals surface area contributed by atoms with E-state index in [0.29, 0.717) is 31.1 Å². The lowest BCUT2D eigenvalue weighted by atomic mass is 9.60. The van der Waals surface area contributed by atoms with Gasteiger partial charge in [-0.1, -0.05) is 0 Å². The van der Waals surface area contributed by atoms with Crippen molar-refractivity contribution in [2.24, 2.45) is 10.8 Å². The molecule has 1 unspecified atom stereocenters. The second-order valence-corrected chi connectivity index (χ2v) is 10.4. The molecule has 5 heterocycles. The Morgan fingerprint density at radius 1 is 0.818 bits per heavy atom. The third kappa shape index (κ3) is 7.34. The van der Waals surface area contributed by atoms with Gasteiger partial charge in [0.05, 0.1) is 5.41 Å². The number of alkyl halides is 6. The summed E-state index contributed by atoms with van der Waals surface area (Å²) in [5.41, 5.74) is 0.0774. The number of hydrogen-bond acceptors (Lipinski definition) is 8. The zero-order valence-electron chi connectivity index (χ0n) is 23.2. The lowest BCUT2D eigenvalue weighted by molar-refractivity contribution is -0.193. The Morgan fingerprint density at radius 3 is 1.75 bits per heavy atom. The van der Waals surface area contributed by atoms with Crippen LogP contribution in [-0.2, 0) is 14.4 Å². The van der Waals surface area contributed by atoms with E-state index < -0.39 is 29.7 Å². The molecule has 2 aromatic heterocycles. The normalized spacial score (nSPS) is 21.0. The van der Waals surface area contributed by atoms with Crippen LogP contribution in [0.25, 0.3) is 0 Å². The molecule has 44 heavy (non-hydrogen) atoms. The SMILES string of the molecule is CN1CCC2(CN(c3ncccn3)CC23CCN(C(=O)c2ccncc2)CC3)C1=O.O=C(O)C(F)(F)F.O=C(O)C(F)(F)F. The quantitative estimate of drug-likeness (QED) is 0.471. The van der Waals surface area contributed by atoms with Crippen molar-refractivity contribution in [3.05, 3.63) is 48.5 Å². The number of hydrogen-bond donors (Lipinski definition) is 2. The van der Waals surface area contributed by atoms with Crippen LogP contribution in [0.2, 0.25) is 0 Å². The van der Waals surface area contributed by atoms with E-state index in [9.17, 15) is 35.9 Å². The number of pyridine rings is 1. The van der Waals surface area contributed by atoms with Crippen LogP contribution in [-0.4, -0.2) is 111 Å². The molecule has 240 valence electrons. The maximum Gasteiger partial charge on any atom is 0.490 e. The number of carboxylic acids is 2. The Kier molecular flexibility index (Phi) is 10.0. The van der Waals surface area contributed by atoms with Gasteiger partial charge in [0, 0.05) is 75.5 Å². The number of anilines is 1. The molecule has 18 heteroatoms. The highest BCUT2D eigenvalue weighted by atomic mass is 19.4. The van der Waals surface area contributed by atoms with Crippen molar-refractivity contribution in [1.82, 2.24) is 24.8 Å². The van der Waals surface area contributed by atoms with Crippen LogP contribution in [0, 0.1) is 10.8 Å². The first-order valence-electron chi connectivity index (χ1n) is 13.0. The Hall–Kier alpha value is -4.51. The van der Waals surface area contributed by atoms with E-state index in [1.807, 2.05) is 22.9 Å². The third-order valence-electron chi connectivity index (χ3n) is 7.85. The number of aromatic nitrogens is 3. The molecular weight excluding hydrogens is 606 g/mol. The molecular formula is C26H28F6N6O6. The number of carbonyl (C=O) groups excluding carboxylic acids is 2. The van der Waals surface area contributed by atoms with E-state index in [1.54, 1.807) is 36.9 Å². The lowest BCUT2D eigenvalue weighted by Gasteiger charge is -2.46. The number of aliphatic carboxylic acids is 2. The van der Waals surface area contributed by atoms with Crippen molar-refractivity contribution >= 4 is 29.7 Å². The summed E-state index contributed by atoms with van der Waals surface area (Å²) in [6, 6.07) is 5.32. The number of carboxylic acid groups (broad SMARTS) is 2. The Balaban J connectivity index is 0.000000317. The third-order valence-corrected chi connectivity index (χ3v) is 7.85. The Bertz CT molecular complexity index is 1310. The predicted octanol–water partition coefficient (Wildman–Crippen LogP) is 2.73. The van der Waals surface area contributed by atoms with Gasteiger partial charge < -0.3 is 24.9 Å². The molecule has 3 aliphatic rings. The van der Waals surface area contributed by atoms with Crippen LogP contribution in [0.3, 0.4) is 0 Å². The van der Waals surface area contributed by atoms with Gasteiger partial charge in [-0.3, -0.25) is 14.6 Å². The molecule has 2 N–H and O–H groups in total. The van der Waals surface area contributed by atoms with Gasteiger partial charge in [0.2, 0.25) is 11.9 Å². The zero-order chi connectivity index (χ0) is 32.9. The predicted molar refractivity (Wildman–Crippen MR) is 138 cm³/mol. The highest BCUT2D eigenvalue weighted by Gasteiger charge is 2.65. The van der Waals surface area contributed by atoms with Crippen molar-refractivity contribution in [2.75, 3.05) is 44.7 Å². The van der Waals surface area contributed by atoms with E-state index in [1.165, 1.54) is 0 Å². The van der Waals surface area contributed by atoms with Gasteiger partial charge in [-0.05, 0) is 37.5 Å². The minimum Gasteiger partial charge on any atom is -0.475 e. The molecule has 0 aliphatic carbocycles. The topological polar surface area (TPSA) is 157 Å². The smallest absolute Gasteiger partial charge is 0.475 e. The van der Waals surface area contributed by atoms with Gasteiger partial charge in [0.1, 0.15) is 0 Å². The van der Waals surface area contributed by atoms with Gasteiger partial charge in [0.25, 0.3) is 5.91 Å². The molecule has 2 spiro atoms. The monoisotopic (exact) mass is 634 g/mol. The van der Waals surface area contributed by atoms with Crippen molar-refractivity contribution < 1.29 is 55.7 Å². The van der Waals surface area contributed by atoms with E-state index in [2.05, 4.69) is 19.9 Å². The average Bonchev–Trinajstić information content (AvgIpc) is 3.45. The van der Waals surface area contributed by atoms with Crippen molar-refractivity contribution in [1.29, 1.82) is 0 Å². The fourth-order valence-electron chi connectivity index (χ4n) is 5.68. The van der Waals surface area contributed by atoms with Gasteiger partial charge in [-0.25, -0.2) is 19.6 Å². The Morgan fingerprint density at radius 2 is 1.32 bits per heavy atom. The highest BCUT2D eigenvalue weighted by Crippen LogP contribution is 2.58. The summed E-state index contributed by atoms with van der Waals surface area (Å²) in [4.78, 5) is 62.9. The molecule has 0 saturated carbocycles. The molecule has 2 amide bonds. The van der Waals surface area contributed by atoms with E-state index in [0.717, 1.165) is 32.4 Å². The number of rotatable bonds is 2. The van der Waals surface area contributed by atoms with Crippen molar-refractivity contribution in [3.8, 4) is 0 Å². The largest absolute Gasteiger partial charge is 0.490 e. The van der Waals surface area contributed by atoms with Crippen LogP contribution in [0.1, 0.15) is 29.6 Å². The molecule has 3 fully saturated rings. The van der Waals surface area contributed by atoms with Crippen LogP contribution in [0.5, 0.6) is 0 Å². The molecule has 0 aromatic carbocycles. The van der Waals surface area contributed by atoms with Crippen LogP contribution < -0.4 is 4.90 Å². The number of halogens is 6. The summed E-state index contributed by atoms with van der Waals surface area (Å²) in [5, 5.41) is 14.2. The molecule has 2 aromatic rings. The van der Waals surface area contributed by atoms with E-state index >= 15 is 0 Å². The average molecular weight is 635 g/mol. The molecule has 1 atom stereocenters. The van der Waals surface area contributed by atoms with Crippen molar-refractivity contribution in [3.63, 3.8) is 0 Å². The molecule has 5 rings (SSSR count). The van der Waals surface area contributed by atoms with Gasteiger partial charge >= 0.3 is 24.3 Å². The second kappa shape index (κ2) is 13.0. The lowest BCUT2D eigenvalue weighted by Crippen LogP contribution is -2.53. The fourth-order valence-corrected chi connectivity index (χ4v) is 5.68. The molecule has 12 nitrogen and oxygen atoms in total. The summed E-state index contributed by atoms with van der Waals surface area (Å²) < 4.78 is 63.5. The number of carbonyl (C=O) groups is 4. The maximum absolute atomic E-state index is 13.4. The zero-order valence-corrected chi connectivity index (χ0v) is 23.2. The van der Waals surface area contributed by atoms with Crippen LogP contribution in [0.15, 0.2) is 43.0 Å². The minimum absolute atomic E-state index is 0.0393. The van der Waals surface area contributed by atoms with E-state index in [-0.39, 0.29) is 17.2 Å². The van der Waals surface area contributed by atoms with E-state index in [4.69, 9.17) is 19.8 Å². The number of likely N-dealkylation sites (tertiary alicyclic amines) is 2. The first-order chi connectivity index (χ1) is 20.4. The standard InChI is InChI=1S/C22H26N6O2.2C2HF3O2/c1-26-12-7-22(19(26)30)16-28(20-24-8-2-9-25-20)15-21(22)5-13-27(14-6-21)18(29)17-3-10-23-11-4-17;2*3-2(4,5)1(6)7/h2-4,8-11H,5-7,12-16H2,1H3;2*(H,6,7). The second-order valence-electron chi connectivity index (χ2n) is 10.4. The molecule has 0 radical (unpaired) electrons. The molecule has 3 saturated heterocycles. The summed E-state index contributed by atoms with van der Waals surface area (Å²) in [7, 11) is 1.90. The summed E-state index contributed by atoms with van der Waals surface area (Å²) in [6.07, 6.45) is -0.897. The van der Waals surface area contributed by atoms with Gasteiger partial charge in [-0.15, -0.1) is 0 Å². The number of fused-ring (bicyclic) bond motifs is 1. The summed E-state index contributed by atoms with van der Waals surface area (Å²) in [6.45, 7) is 3.50. The fraction of sp³-hybridized carbons (Fsp3) is 0.500. The minimum atomic E-state index is -5.08. The first-order valence-corrected chi connectivity index (χ1v) is 13.0.